The summed E-state index contributed by atoms with van der Waals surface area (Å²) in [5.74, 6) is 0.798. The fraction of sp³-hybridized carbons (Fsp3) is 0.357. The molecule has 3 rings (SSSR count). The number of methoxy groups -OCH3 is 1. The van der Waals surface area contributed by atoms with Crippen LogP contribution >= 0.6 is 11.8 Å². The van der Waals surface area contributed by atoms with Crippen molar-refractivity contribution in [2.75, 3.05) is 18.2 Å². The second kappa shape index (κ2) is 5.66. The van der Waals surface area contributed by atoms with Crippen LogP contribution in [-0.2, 0) is 9.53 Å². The maximum absolute atomic E-state index is 11.2. The third-order valence-corrected chi connectivity index (χ3v) is 3.87. The molecule has 0 bridgehead atoms. The van der Waals surface area contributed by atoms with Crippen LogP contribution in [0.3, 0.4) is 0 Å². The lowest BCUT2D eigenvalue weighted by molar-refractivity contribution is -0.137. The molecule has 0 amide bonds. The van der Waals surface area contributed by atoms with E-state index in [0.29, 0.717) is 11.2 Å². The average molecular weight is 289 g/mol. The lowest BCUT2D eigenvalue weighted by Crippen LogP contribution is -2.07. The Bertz CT molecular complexity index is 643. The molecule has 20 heavy (non-hydrogen) atoms. The van der Waals surface area contributed by atoms with Crippen molar-refractivity contribution >= 4 is 34.5 Å². The number of aromatic nitrogens is 2. The number of benzene rings is 1. The van der Waals surface area contributed by atoms with Gasteiger partial charge >= 0.3 is 5.97 Å². The van der Waals surface area contributed by atoms with Crippen molar-refractivity contribution in [1.82, 2.24) is 9.97 Å². The summed E-state index contributed by atoms with van der Waals surface area (Å²) in [7, 11) is 1.38. The van der Waals surface area contributed by atoms with E-state index in [1.807, 2.05) is 24.3 Å². The summed E-state index contributed by atoms with van der Waals surface area (Å²) >= 11 is 1.29. The number of carbonyl (C=O) groups excluding carboxylic acids is 1. The summed E-state index contributed by atoms with van der Waals surface area (Å²) in [5, 5.41) is 5.03. The quantitative estimate of drug-likeness (QED) is 0.518. The fourth-order valence-corrected chi connectivity index (χ4v) is 2.52. The molecule has 6 heteroatoms. The number of ether oxygens (including phenoxy) is 1. The standard InChI is InChI=1S/C14H15N3O2S/c1-19-12(18)8-20-14-16-11-5-3-2-4-10(11)13(17-14)15-9-6-7-9/h2-5,9H,6-8H2,1H3,(H,15,16,17). The highest BCUT2D eigenvalue weighted by Gasteiger charge is 2.22. The van der Waals surface area contributed by atoms with Gasteiger partial charge in [0.05, 0.1) is 18.4 Å². The molecule has 0 aliphatic heterocycles. The minimum atomic E-state index is -0.275. The lowest BCUT2D eigenvalue weighted by atomic mass is 10.2. The molecule has 1 N–H and O–H groups in total. The maximum Gasteiger partial charge on any atom is 0.316 e. The molecule has 1 aromatic carbocycles. The highest BCUT2D eigenvalue weighted by atomic mass is 32.2. The average Bonchev–Trinajstić information content (AvgIpc) is 3.28. The van der Waals surface area contributed by atoms with Gasteiger partial charge in [0.25, 0.3) is 0 Å². The number of rotatable bonds is 5. The van der Waals surface area contributed by atoms with Gasteiger partial charge in [-0.25, -0.2) is 9.97 Å². The monoisotopic (exact) mass is 289 g/mol. The van der Waals surface area contributed by atoms with Gasteiger partial charge in [0.2, 0.25) is 0 Å². The topological polar surface area (TPSA) is 64.1 Å². The largest absolute Gasteiger partial charge is 0.468 e. The molecule has 104 valence electrons. The Kier molecular flexibility index (Phi) is 3.73. The Labute approximate surface area is 121 Å². The van der Waals surface area contributed by atoms with Gasteiger partial charge in [0.1, 0.15) is 5.82 Å². The van der Waals surface area contributed by atoms with Crippen molar-refractivity contribution < 1.29 is 9.53 Å². The summed E-state index contributed by atoms with van der Waals surface area (Å²) < 4.78 is 4.63. The summed E-state index contributed by atoms with van der Waals surface area (Å²) in [6, 6.07) is 8.41. The van der Waals surface area contributed by atoms with E-state index in [4.69, 9.17) is 0 Å². The van der Waals surface area contributed by atoms with Crippen LogP contribution in [0, 0.1) is 0 Å². The molecule has 0 spiro atoms. The van der Waals surface area contributed by atoms with Crippen molar-refractivity contribution in [2.45, 2.75) is 24.0 Å². The van der Waals surface area contributed by atoms with Gasteiger partial charge in [-0.15, -0.1) is 0 Å². The molecule has 1 saturated carbocycles. The molecule has 1 aliphatic carbocycles. The zero-order valence-corrected chi connectivity index (χ0v) is 11.9. The number of hydrogen-bond donors (Lipinski definition) is 1. The van der Waals surface area contributed by atoms with Crippen LogP contribution in [0.1, 0.15) is 12.8 Å². The Morgan fingerprint density at radius 1 is 1.40 bits per heavy atom. The molecule has 0 atom stereocenters. The molecule has 2 aromatic rings. The highest BCUT2D eigenvalue weighted by Crippen LogP contribution is 2.29. The van der Waals surface area contributed by atoms with E-state index in [9.17, 15) is 4.79 Å². The Morgan fingerprint density at radius 2 is 2.20 bits per heavy atom. The van der Waals surface area contributed by atoms with Crippen LogP contribution in [0.2, 0.25) is 0 Å². The van der Waals surface area contributed by atoms with Crippen LogP contribution in [-0.4, -0.2) is 34.8 Å². The van der Waals surface area contributed by atoms with Crippen molar-refractivity contribution in [1.29, 1.82) is 0 Å². The first-order valence-electron chi connectivity index (χ1n) is 6.49. The maximum atomic E-state index is 11.2. The smallest absolute Gasteiger partial charge is 0.316 e. The molecule has 1 aromatic heterocycles. The molecule has 1 aliphatic rings. The third kappa shape index (κ3) is 3.01. The van der Waals surface area contributed by atoms with Crippen LogP contribution < -0.4 is 5.32 Å². The van der Waals surface area contributed by atoms with E-state index >= 15 is 0 Å². The molecular formula is C14H15N3O2S. The summed E-state index contributed by atoms with van der Waals surface area (Å²) in [4.78, 5) is 20.2. The number of thioether (sulfide) groups is 1. The van der Waals surface area contributed by atoms with Crippen molar-refractivity contribution in [3.05, 3.63) is 24.3 Å². The molecule has 1 fully saturated rings. The second-order valence-electron chi connectivity index (χ2n) is 4.66. The van der Waals surface area contributed by atoms with Gasteiger partial charge in [0.15, 0.2) is 5.16 Å². The summed E-state index contributed by atoms with van der Waals surface area (Å²) in [5.41, 5.74) is 0.887. The van der Waals surface area contributed by atoms with E-state index in [-0.39, 0.29) is 11.7 Å². The Hall–Kier alpha value is -1.82. The van der Waals surface area contributed by atoms with Crippen molar-refractivity contribution in [3.8, 4) is 0 Å². The minimum absolute atomic E-state index is 0.220. The van der Waals surface area contributed by atoms with Crippen LogP contribution in [0.4, 0.5) is 5.82 Å². The number of carbonyl (C=O) groups is 1. The molecule has 5 nitrogen and oxygen atoms in total. The number of anilines is 1. The first-order chi connectivity index (χ1) is 9.76. The van der Waals surface area contributed by atoms with E-state index in [0.717, 1.165) is 16.7 Å². The number of nitrogens with one attached hydrogen (secondary N) is 1. The molecule has 0 saturated heterocycles. The molecule has 1 heterocycles. The van der Waals surface area contributed by atoms with Gasteiger partial charge in [-0.2, -0.15) is 0 Å². The first-order valence-corrected chi connectivity index (χ1v) is 7.48. The van der Waals surface area contributed by atoms with E-state index in [1.165, 1.54) is 31.7 Å². The van der Waals surface area contributed by atoms with Gasteiger partial charge in [-0.1, -0.05) is 23.9 Å². The minimum Gasteiger partial charge on any atom is -0.468 e. The number of nitrogens with zero attached hydrogens (tertiary/aromatic N) is 2. The van der Waals surface area contributed by atoms with Gasteiger partial charge in [0, 0.05) is 11.4 Å². The Morgan fingerprint density at radius 3 is 2.95 bits per heavy atom. The number of hydrogen-bond acceptors (Lipinski definition) is 6. The van der Waals surface area contributed by atoms with E-state index in [1.54, 1.807) is 0 Å². The van der Waals surface area contributed by atoms with Crippen LogP contribution in [0.15, 0.2) is 29.4 Å². The molecular weight excluding hydrogens is 274 g/mol. The van der Waals surface area contributed by atoms with Gasteiger partial charge in [-0.05, 0) is 25.0 Å². The van der Waals surface area contributed by atoms with Crippen LogP contribution in [0.5, 0.6) is 0 Å². The predicted octanol–water partition coefficient (Wildman–Crippen LogP) is 2.47. The number of fused-ring (bicyclic) bond motifs is 1. The van der Waals surface area contributed by atoms with E-state index in [2.05, 4.69) is 20.0 Å². The predicted molar refractivity (Wildman–Crippen MR) is 78.9 cm³/mol. The summed E-state index contributed by atoms with van der Waals surface area (Å²) in [6.45, 7) is 0. The van der Waals surface area contributed by atoms with E-state index < -0.39 is 0 Å². The normalized spacial score (nSPS) is 14.2. The SMILES string of the molecule is COC(=O)CSc1nc(NC2CC2)c2ccccc2n1. The fourth-order valence-electron chi connectivity index (χ4n) is 1.83. The number of para-hydroxylation sites is 1. The zero-order valence-electron chi connectivity index (χ0n) is 11.1. The van der Waals surface area contributed by atoms with Crippen molar-refractivity contribution in [2.24, 2.45) is 0 Å². The number of esters is 1. The molecule has 0 unspecified atom stereocenters. The first kappa shape index (κ1) is 13.2. The Balaban J connectivity index is 1.89. The third-order valence-electron chi connectivity index (χ3n) is 3.05. The lowest BCUT2D eigenvalue weighted by Gasteiger charge is -2.09. The summed E-state index contributed by atoms with van der Waals surface area (Å²) in [6.07, 6.45) is 2.37. The zero-order chi connectivity index (χ0) is 13.9. The van der Waals surface area contributed by atoms with Crippen molar-refractivity contribution in [3.63, 3.8) is 0 Å². The molecule has 0 radical (unpaired) electrons. The van der Waals surface area contributed by atoms with Crippen LogP contribution in [0.25, 0.3) is 10.9 Å². The highest BCUT2D eigenvalue weighted by molar-refractivity contribution is 7.99. The van der Waals surface area contributed by atoms with Gasteiger partial charge in [-0.3, -0.25) is 4.79 Å². The van der Waals surface area contributed by atoms with Gasteiger partial charge < -0.3 is 10.1 Å². The second-order valence-corrected chi connectivity index (χ2v) is 5.60.